The molecule has 2 aromatic carbocycles. The van der Waals surface area contributed by atoms with E-state index < -0.39 is 12.2 Å². The first-order chi connectivity index (χ1) is 12.0. The van der Waals surface area contributed by atoms with Crippen molar-refractivity contribution in [2.45, 2.75) is 13.8 Å². The number of amides is 2. The standard InChI is InChI=1S/C19H22N2O4/c1-14(2)13-24-18(22)20-15-8-7-11-17(12-15)25-19(23)21(3)16-9-5-4-6-10-16/h4-12,14H,13H2,1-3H3,(H,20,22). The lowest BCUT2D eigenvalue weighted by atomic mass is 10.2. The summed E-state index contributed by atoms with van der Waals surface area (Å²) in [4.78, 5) is 25.3. The van der Waals surface area contributed by atoms with E-state index in [2.05, 4.69) is 5.32 Å². The molecule has 0 atom stereocenters. The van der Waals surface area contributed by atoms with Crippen molar-refractivity contribution < 1.29 is 19.1 Å². The van der Waals surface area contributed by atoms with Gasteiger partial charge in [-0.15, -0.1) is 0 Å². The van der Waals surface area contributed by atoms with Crippen LogP contribution in [0.2, 0.25) is 0 Å². The fourth-order valence-electron chi connectivity index (χ4n) is 1.96. The van der Waals surface area contributed by atoms with Gasteiger partial charge in [-0.2, -0.15) is 0 Å². The van der Waals surface area contributed by atoms with Gasteiger partial charge < -0.3 is 9.47 Å². The smallest absolute Gasteiger partial charge is 0.419 e. The Labute approximate surface area is 147 Å². The van der Waals surface area contributed by atoms with Crippen LogP contribution in [0.1, 0.15) is 13.8 Å². The van der Waals surface area contributed by atoms with Gasteiger partial charge in [-0.3, -0.25) is 10.2 Å². The predicted octanol–water partition coefficient (Wildman–Crippen LogP) is 4.53. The van der Waals surface area contributed by atoms with Gasteiger partial charge in [0, 0.05) is 24.5 Å². The van der Waals surface area contributed by atoms with Crippen LogP contribution in [-0.4, -0.2) is 25.8 Å². The first-order valence-electron chi connectivity index (χ1n) is 8.00. The Morgan fingerprint density at radius 3 is 2.48 bits per heavy atom. The average molecular weight is 342 g/mol. The number of carbonyl (C=O) groups is 2. The molecule has 0 aliphatic heterocycles. The molecule has 0 saturated heterocycles. The van der Waals surface area contributed by atoms with Crippen molar-refractivity contribution in [3.8, 4) is 5.75 Å². The Balaban J connectivity index is 1.96. The molecule has 0 saturated carbocycles. The summed E-state index contributed by atoms with van der Waals surface area (Å²) in [6.07, 6.45) is -1.07. The second-order valence-corrected chi connectivity index (χ2v) is 5.91. The maximum Gasteiger partial charge on any atom is 0.419 e. The number of benzene rings is 2. The van der Waals surface area contributed by atoms with E-state index in [0.29, 0.717) is 18.0 Å². The van der Waals surface area contributed by atoms with Crippen LogP contribution >= 0.6 is 0 Å². The minimum atomic E-state index is -0.543. The lowest BCUT2D eigenvalue weighted by Crippen LogP contribution is -2.29. The lowest BCUT2D eigenvalue weighted by Gasteiger charge is -2.17. The van der Waals surface area contributed by atoms with Crippen molar-refractivity contribution in [2.75, 3.05) is 23.9 Å². The van der Waals surface area contributed by atoms with E-state index in [-0.39, 0.29) is 5.92 Å². The van der Waals surface area contributed by atoms with E-state index in [1.165, 1.54) is 4.90 Å². The lowest BCUT2D eigenvalue weighted by molar-refractivity contribution is 0.147. The number of carbonyl (C=O) groups excluding carboxylic acids is 2. The summed E-state index contributed by atoms with van der Waals surface area (Å²) in [7, 11) is 1.63. The number of para-hydroxylation sites is 1. The molecule has 6 nitrogen and oxygen atoms in total. The molecule has 0 radical (unpaired) electrons. The summed E-state index contributed by atoms with van der Waals surface area (Å²) in [5, 5.41) is 2.61. The summed E-state index contributed by atoms with van der Waals surface area (Å²) < 4.78 is 10.4. The second kappa shape index (κ2) is 8.73. The van der Waals surface area contributed by atoms with Gasteiger partial charge >= 0.3 is 12.2 Å². The van der Waals surface area contributed by atoms with Gasteiger partial charge in [0.25, 0.3) is 0 Å². The number of rotatable bonds is 5. The predicted molar refractivity (Wildman–Crippen MR) is 97.1 cm³/mol. The summed E-state index contributed by atoms with van der Waals surface area (Å²) >= 11 is 0. The van der Waals surface area contributed by atoms with Crippen LogP contribution in [0.4, 0.5) is 21.0 Å². The molecule has 2 rings (SSSR count). The molecule has 6 heteroatoms. The molecule has 0 aliphatic rings. The molecule has 2 aromatic rings. The molecule has 0 spiro atoms. The highest BCUT2D eigenvalue weighted by atomic mass is 16.6. The minimum absolute atomic E-state index is 0.256. The van der Waals surface area contributed by atoms with E-state index in [0.717, 1.165) is 5.69 Å². The third-order valence-electron chi connectivity index (χ3n) is 3.25. The van der Waals surface area contributed by atoms with E-state index >= 15 is 0 Å². The maximum atomic E-state index is 12.2. The molecule has 0 bridgehead atoms. The fraction of sp³-hybridized carbons (Fsp3) is 0.263. The van der Waals surface area contributed by atoms with Crippen molar-refractivity contribution in [1.29, 1.82) is 0 Å². The molecular weight excluding hydrogens is 320 g/mol. The first-order valence-corrected chi connectivity index (χ1v) is 8.00. The largest absolute Gasteiger partial charge is 0.449 e. The van der Waals surface area contributed by atoms with Gasteiger partial charge in [0.2, 0.25) is 0 Å². The van der Waals surface area contributed by atoms with Gasteiger partial charge in [0.15, 0.2) is 0 Å². The molecule has 25 heavy (non-hydrogen) atoms. The van der Waals surface area contributed by atoms with E-state index in [4.69, 9.17) is 9.47 Å². The van der Waals surface area contributed by atoms with Gasteiger partial charge in [0.05, 0.1) is 6.61 Å². The normalized spacial score (nSPS) is 10.2. The number of hydrogen-bond donors (Lipinski definition) is 1. The summed E-state index contributed by atoms with van der Waals surface area (Å²) in [6, 6.07) is 15.7. The SMILES string of the molecule is CC(C)COC(=O)Nc1cccc(OC(=O)N(C)c2ccccc2)c1. The van der Waals surface area contributed by atoms with Crippen LogP contribution in [0, 0.1) is 5.92 Å². The highest BCUT2D eigenvalue weighted by Gasteiger charge is 2.13. The molecule has 0 fully saturated rings. The highest BCUT2D eigenvalue weighted by Crippen LogP contribution is 2.20. The fourth-order valence-corrected chi connectivity index (χ4v) is 1.96. The Morgan fingerprint density at radius 1 is 1.08 bits per heavy atom. The molecule has 0 aliphatic carbocycles. The van der Waals surface area contributed by atoms with Crippen molar-refractivity contribution in [1.82, 2.24) is 0 Å². The maximum absolute atomic E-state index is 12.2. The summed E-state index contributed by atoms with van der Waals surface area (Å²) in [6.45, 7) is 4.25. The van der Waals surface area contributed by atoms with Crippen LogP contribution in [0.15, 0.2) is 54.6 Å². The third kappa shape index (κ3) is 5.84. The molecule has 0 aromatic heterocycles. The van der Waals surface area contributed by atoms with Crippen molar-refractivity contribution >= 4 is 23.6 Å². The number of nitrogens with one attached hydrogen (secondary N) is 1. The topological polar surface area (TPSA) is 67.9 Å². The van der Waals surface area contributed by atoms with Crippen LogP contribution in [0.25, 0.3) is 0 Å². The number of anilines is 2. The zero-order valence-corrected chi connectivity index (χ0v) is 14.6. The average Bonchev–Trinajstić information content (AvgIpc) is 2.60. The summed E-state index contributed by atoms with van der Waals surface area (Å²) in [5.41, 5.74) is 1.21. The van der Waals surface area contributed by atoms with Crippen LogP contribution in [0.3, 0.4) is 0 Å². The first kappa shape index (κ1) is 18.3. The monoisotopic (exact) mass is 342 g/mol. The summed E-state index contributed by atoms with van der Waals surface area (Å²) in [5.74, 6) is 0.584. The van der Waals surface area contributed by atoms with Crippen molar-refractivity contribution in [3.05, 3.63) is 54.6 Å². The molecule has 0 unspecified atom stereocenters. The van der Waals surface area contributed by atoms with Gasteiger partial charge in [-0.1, -0.05) is 38.1 Å². The van der Waals surface area contributed by atoms with Gasteiger partial charge in [-0.25, -0.2) is 9.59 Å². The minimum Gasteiger partial charge on any atom is -0.449 e. The molecule has 2 amide bonds. The van der Waals surface area contributed by atoms with Gasteiger partial charge in [0.1, 0.15) is 5.75 Å². The quantitative estimate of drug-likeness (QED) is 0.867. The molecule has 1 N–H and O–H groups in total. The van der Waals surface area contributed by atoms with E-state index in [1.54, 1.807) is 31.3 Å². The molecular formula is C19H22N2O4. The third-order valence-corrected chi connectivity index (χ3v) is 3.25. The molecule has 0 heterocycles. The van der Waals surface area contributed by atoms with Crippen molar-refractivity contribution in [2.24, 2.45) is 5.92 Å². The number of ether oxygens (including phenoxy) is 2. The van der Waals surface area contributed by atoms with Gasteiger partial charge in [-0.05, 0) is 30.2 Å². The molecule has 132 valence electrons. The zero-order chi connectivity index (χ0) is 18.2. The van der Waals surface area contributed by atoms with Crippen LogP contribution in [0.5, 0.6) is 5.75 Å². The highest BCUT2D eigenvalue weighted by molar-refractivity contribution is 5.89. The van der Waals surface area contributed by atoms with E-state index in [1.807, 2.05) is 44.2 Å². The van der Waals surface area contributed by atoms with Crippen molar-refractivity contribution in [3.63, 3.8) is 0 Å². The Bertz CT molecular complexity index is 716. The van der Waals surface area contributed by atoms with Crippen LogP contribution in [-0.2, 0) is 4.74 Å². The van der Waals surface area contributed by atoms with Crippen LogP contribution < -0.4 is 15.0 Å². The Kier molecular flexibility index (Phi) is 6.39. The number of hydrogen-bond acceptors (Lipinski definition) is 4. The van der Waals surface area contributed by atoms with E-state index in [9.17, 15) is 9.59 Å². The second-order valence-electron chi connectivity index (χ2n) is 5.91. The zero-order valence-electron chi connectivity index (χ0n) is 14.6. The Morgan fingerprint density at radius 2 is 1.80 bits per heavy atom. The Hall–Kier alpha value is -3.02. The number of nitrogens with zero attached hydrogens (tertiary/aromatic N) is 1.